The largest absolute Gasteiger partial charge is 0.377 e. The lowest BCUT2D eigenvalue weighted by Gasteiger charge is -2.14. The lowest BCUT2D eigenvalue weighted by molar-refractivity contribution is -0.670. The molecule has 0 unspecified atom stereocenters. The first-order valence-electron chi connectivity index (χ1n) is 17.1. The number of nitrogens with zero attached hydrogens (tertiary/aromatic N) is 10. The number of anilines is 5. The molecule has 0 spiro atoms. The molecule has 10 nitrogen and oxygen atoms in total. The highest BCUT2D eigenvalue weighted by molar-refractivity contribution is 5.67. The Bertz CT molecular complexity index is 1960. The van der Waals surface area contributed by atoms with E-state index >= 15 is 0 Å². The van der Waals surface area contributed by atoms with Crippen molar-refractivity contribution in [3.8, 4) is 28.4 Å². The van der Waals surface area contributed by atoms with E-state index in [1.165, 1.54) is 0 Å². The van der Waals surface area contributed by atoms with E-state index in [1.807, 2.05) is 0 Å². The van der Waals surface area contributed by atoms with Gasteiger partial charge in [0.15, 0.2) is 62.0 Å². The van der Waals surface area contributed by atoms with Crippen LogP contribution in [0.25, 0.3) is 28.4 Å². The van der Waals surface area contributed by atoms with Crippen LogP contribution in [0.5, 0.6) is 0 Å². The number of hydrogen-bond donors (Lipinski definition) is 0. The molecule has 0 radical (unpaired) electrons. The molecule has 0 aliphatic rings. The van der Waals surface area contributed by atoms with Gasteiger partial charge in [-0.2, -0.15) is 22.8 Å². The van der Waals surface area contributed by atoms with Gasteiger partial charge in [-0.05, 0) is 0 Å². The standard InChI is InChI=1S/C41H51N10/c1-42(2)32-11-21-47(22-12-32)37-31-38(48-23-13-33(14-24-48)43(3)4)40(50-27-17-35(18-28-50)45(7)8)41(51-29-19-36(20-30-51)46(9)10)39(37)49-25-15-34(16-26-49)44(5)6/h11-31H,1-10H3/q+5. The third-order valence-electron chi connectivity index (χ3n) is 9.18. The van der Waals surface area contributed by atoms with Crippen LogP contribution in [0.15, 0.2) is 129 Å². The second kappa shape index (κ2) is 14.4. The Labute approximate surface area is 302 Å². The number of aromatic nitrogens is 5. The van der Waals surface area contributed by atoms with Gasteiger partial charge in [0.05, 0.1) is 6.07 Å². The first kappa shape index (κ1) is 34.8. The third-order valence-corrected chi connectivity index (χ3v) is 9.18. The third kappa shape index (κ3) is 7.17. The van der Waals surface area contributed by atoms with Crippen LogP contribution >= 0.6 is 0 Å². The number of rotatable bonds is 10. The molecule has 0 fully saturated rings. The average molecular weight is 684 g/mol. The molecule has 0 bridgehead atoms. The average Bonchev–Trinajstić information content (AvgIpc) is 3.14. The molecule has 5 aromatic heterocycles. The summed E-state index contributed by atoms with van der Waals surface area (Å²) in [4.78, 5) is 10.6. The minimum absolute atomic E-state index is 1.02. The fourth-order valence-corrected chi connectivity index (χ4v) is 6.12. The Morgan fingerprint density at radius 1 is 0.275 bits per heavy atom. The summed E-state index contributed by atoms with van der Waals surface area (Å²) in [5, 5.41) is 0. The Kier molecular flexibility index (Phi) is 9.86. The summed E-state index contributed by atoms with van der Waals surface area (Å²) >= 11 is 0. The number of hydrogen-bond acceptors (Lipinski definition) is 5. The molecule has 10 heteroatoms. The summed E-state index contributed by atoms with van der Waals surface area (Å²) in [5.41, 5.74) is 10.8. The van der Waals surface area contributed by atoms with E-state index in [1.54, 1.807) is 0 Å². The zero-order valence-electron chi connectivity index (χ0n) is 31.6. The topological polar surface area (TPSA) is 35.6 Å². The maximum atomic E-state index is 2.30. The molecule has 51 heavy (non-hydrogen) atoms. The van der Waals surface area contributed by atoms with Crippen molar-refractivity contribution >= 4 is 28.4 Å². The maximum Gasteiger partial charge on any atom is 0.370 e. The van der Waals surface area contributed by atoms with E-state index < -0.39 is 0 Å². The fourth-order valence-electron chi connectivity index (χ4n) is 6.12. The van der Waals surface area contributed by atoms with Crippen molar-refractivity contribution in [2.75, 3.05) is 95.0 Å². The fraction of sp³-hybridized carbons (Fsp3) is 0.244. The minimum atomic E-state index is 1.02. The number of pyridine rings is 5. The van der Waals surface area contributed by atoms with Gasteiger partial charge in [0, 0.05) is 160 Å². The van der Waals surface area contributed by atoms with Gasteiger partial charge in [0.2, 0.25) is 0 Å². The van der Waals surface area contributed by atoms with Gasteiger partial charge in [-0.3, -0.25) is 0 Å². The quantitative estimate of drug-likeness (QED) is 0.207. The van der Waals surface area contributed by atoms with Crippen molar-refractivity contribution < 1.29 is 22.8 Å². The van der Waals surface area contributed by atoms with Crippen LogP contribution < -0.4 is 47.3 Å². The van der Waals surface area contributed by atoms with Crippen molar-refractivity contribution in [3.63, 3.8) is 0 Å². The molecule has 1 aromatic carbocycles. The summed E-state index contributed by atoms with van der Waals surface area (Å²) in [5.74, 6) is 0. The second-order valence-electron chi connectivity index (χ2n) is 13.8. The van der Waals surface area contributed by atoms with Gasteiger partial charge in [0.25, 0.3) is 11.4 Å². The normalized spacial score (nSPS) is 10.9. The summed E-state index contributed by atoms with van der Waals surface area (Å²) in [6.45, 7) is 0. The van der Waals surface area contributed by atoms with Gasteiger partial charge in [-0.15, -0.1) is 0 Å². The molecule has 0 saturated heterocycles. The predicted molar refractivity (Wildman–Crippen MR) is 206 cm³/mol. The summed E-state index contributed by atoms with van der Waals surface area (Å²) < 4.78 is 11.1. The molecule has 0 atom stereocenters. The van der Waals surface area contributed by atoms with E-state index in [0.29, 0.717) is 0 Å². The first-order valence-corrected chi connectivity index (χ1v) is 17.1. The Balaban J connectivity index is 1.79. The molecule has 6 rings (SSSR count). The monoisotopic (exact) mass is 683 g/mol. The molecule has 0 aliphatic carbocycles. The molecule has 5 heterocycles. The van der Waals surface area contributed by atoms with E-state index in [-0.39, 0.29) is 0 Å². The van der Waals surface area contributed by atoms with Crippen LogP contribution in [0.4, 0.5) is 28.4 Å². The Hall–Kier alpha value is -6.03. The summed E-state index contributed by atoms with van der Waals surface area (Å²) in [6.07, 6.45) is 21.5. The molecule has 260 valence electrons. The Morgan fingerprint density at radius 3 is 0.686 bits per heavy atom. The van der Waals surface area contributed by atoms with Crippen LogP contribution in [0, 0.1) is 0 Å². The Morgan fingerprint density at radius 2 is 0.471 bits per heavy atom. The van der Waals surface area contributed by atoms with Gasteiger partial charge >= 0.3 is 17.1 Å². The van der Waals surface area contributed by atoms with Crippen molar-refractivity contribution in [1.82, 2.24) is 0 Å². The SMILES string of the molecule is CN(C)c1cc[n+](-c2cc(-[n+]3ccc(N(C)C)cc3)c(-[n+]3ccc(N(C)C)cc3)c(-[n+]3ccc(N(C)C)cc3)c2-[n+]2ccc(N(C)C)cc2)cc1. The van der Waals surface area contributed by atoms with Crippen molar-refractivity contribution in [2.45, 2.75) is 0 Å². The highest BCUT2D eigenvalue weighted by atomic mass is 15.2. The highest BCUT2D eigenvalue weighted by Gasteiger charge is 2.45. The van der Waals surface area contributed by atoms with E-state index in [9.17, 15) is 0 Å². The lowest BCUT2D eigenvalue weighted by Crippen LogP contribution is -2.50. The minimum Gasteiger partial charge on any atom is -0.377 e. The van der Waals surface area contributed by atoms with Crippen LogP contribution in [0.3, 0.4) is 0 Å². The molecular weight excluding hydrogens is 633 g/mol. The van der Waals surface area contributed by atoms with Crippen molar-refractivity contribution in [2.24, 2.45) is 0 Å². The zero-order chi connectivity index (χ0) is 36.4. The van der Waals surface area contributed by atoms with E-state index in [2.05, 4.69) is 247 Å². The lowest BCUT2D eigenvalue weighted by atomic mass is 10.1. The molecule has 0 N–H and O–H groups in total. The first-order chi connectivity index (χ1) is 24.4. The van der Waals surface area contributed by atoms with Gasteiger partial charge in [-0.1, -0.05) is 0 Å². The maximum absolute atomic E-state index is 2.30. The van der Waals surface area contributed by atoms with Crippen molar-refractivity contribution in [1.29, 1.82) is 0 Å². The molecule has 0 aliphatic heterocycles. The van der Waals surface area contributed by atoms with Crippen LogP contribution in [0.2, 0.25) is 0 Å². The van der Waals surface area contributed by atoms with Crippen LogP contribution in [-0.2, 0) is 0 Å². The van der Waals surface area contributed by atoms with E-state index in [0.717, 1.165) is 56.9 Å². The predicted octanol–water partition coefficient (Wildman–Crippen LogP) is 3.40. The van der Waals surface area contributed by atoms with Crippen LogP contribution in [-0.4, -0.2) is 70.5 Å². The zero-order valence-corrected chi connectivity index (χ0v) is 31.6. The second-order valence-corrected chi connectivity index (χ2v) is 13.8. The van der Waals surface area contributed by atoms with E-state index in [4.69, 9.17) is 0 Å². The molecule has 0 saturated carbocycles. The number of benzene rings is 1. The van der Waals surface area contributed by atoms with Gasteiger partial charge in [0.1, 0.15) is 0 Å². The molecule has 0 amide bonds. The molecular formula is C41H51N10+5. The molecule has 6 aromatic rings. The van der Waals surface area contributed by atoms with Gasteiger partial charge < -0.3 is 24.5 Å². The van der Waals surface area contributed by atoms with Crippen molar-refractivity contribution in [3.05, 3.63) is 129 Å². The highest BCUT2D eigenvalue weighted by Crippen LogP contribution is 2.27. The summed E-state index contributed by atoms with van der Waals surface area (Å²) in [6, 6.07) is 23.9. The van der Waals surface area contributed by atoms with Gasteiger partial charge in [-0.25, -0.2) is 0 Å². The smallest absolute Gasteiger partial charge is 0.370 e. The van der Waals surface area contributed by atoms with Crippen LogP contribution in [0.1, 0.15) is 0 Å². The summed E-state index contributed by atoms with van der Waals surface area (Å²) in [7, 11) is 20.7.